The van der Waals surface area contributed by atoms with Crippen molar-refractivity contribution in [2.75, 3.05) is 13.2 Å². The van der Waals surface area contributed by atoms with Gasteiger partial charge in [0.2, 0.25) is 8.77 Å². The summed E-state index contributed by atoms with van der Waals surface area (Å²) in [7, 11) is 0. The van der Waals surface area contributed by atoms with Crippen LogP contribution in [-0.4, -0.2) is 22.0 Å². The van der Waals surface area contributed by atoms with E-state index in [1.54, 1.807) is 0 Å². The third kappa shape index (κ3) is 9.25. The highest BCUT2D eigenvalue weighted by Gasteiger charge is 2.19. The van der Waals surface area contributed by atoms with E-state index in [9.17, 15) is 0 Å². The Kier molecular flexibility index (Phi) is 11.8. The van der Waals surface area contributed by atoms with E-state index in [4.69, 9.17) is 33.9 Å². The zero-order valence-corrected chi connectivity index (χ0v) is 17.8. The zero-order valence-electron chi connectivity index (χ0n) is 14.6. The lowest BCUT2D eigenvalue weighted by molar-refractivity contribution is 0.313. The smallest absolute Gasteiger partial charge is 0.221 e. The van der Waals surface area contributed by atoms with Gasteiger partial charge in [0.1, 0.15) is 0 Å². The molecule has 0 heterocycles. The van der Waals surface area contributed by atoms with Gasteiger partial charge in [-0.1, -0.05) is 80.0 Å². The fourth-order valence-electron chi connectivity index (χ4n) is 1.73. The molecule has 134 valence electrons. The van der Waals surface area contributed by atoms with Gasteiger partial charge in [0.05, 0.1) is 17.8 Å². The molecule has 0 spiro atoms. The van der Waals surface area contributed by atoms with Crippen LogP contribution < -0.4 is 0 Å². The largest absolute Gasteiger partial charge is 0.479 e. The molecule has 0 amide bonds. The molecule has 1 rings (SSSR count). The van der Waals surface area contributed by atoms with Crippen LogP contribution in [-0.2, 0) is 9.47 Å². The first-order valence-electron chi connectivity index (χ1n) is 8.30. The molecule has 0 N–H and O–H groups in total. The molecule has 1 aromatic rings. The van der Waals surface area contributed by atoms with Crippen molar-refractivity contribution in [3.05, 3.63) is 35.4 Å². The van der Waals surface area contributed by atoms with E-state index >= 15 is 0 Å². The van der Waals surface area contributed by atoms with E-state index in [1.807, 2.05) is 0 Å². The first-order valence-corrected chi connectivity index (χ1v) is 10.9. The molecular formula is C18H26O2S4. The van der Waals surface area contributed by atoms with Crippen LogP contribution in [0.3, 0.4) is 0 Å². The summed E-state index contributed by atoms with van der Waals surface area (Å²) in [6.07, 6.45) is 4.22. The van der Waals surface area contributed by atoms with Gasteiger partial charge < -0.3 is 9.47 Å². The third-order valence-electron chi connectivity index (χ3n) is 3.19. The van der Waals surface area contributed by atoms with E-state index < -0.39 is 0 Å². The van der Waals surface area contributed by atoms with Gasteiger partial charge in [-0.3, -0.25) is 0 Å². The van der Waals surface area contributed by atoms with Crippen molar-refractivity contribution in [3.63, 3.8) is 0 Å². The van der Waals surface area contributed by atoms with Crippen molar-refractivity contribution in [1.29, 1.82) is 0 Å². The Hall–Kier alpha value is -0.300. The second-order valence-electron chi connectivity index (χ2n) is 5.38. The summed E-state index contributed by atoms with van der Waals surface area (Å²) in [6, 6.07) is 8.43. The predicted octanol–water partition coefficient (Wildman–Crippen LogP) is 6.66. The van der Waals surface area contributed by atoms with E-state index in [-0.39, 0.29) is 4.58 Å². The van der Waals surface area contributed by atoms with Crippen molar-refractivity contribution in [3.8, 4) is 0 Å². The Bertz CT molecular complexity index is 478. The maximum Gasteiger partial charge on any atom is 0.221 e. The summed E-state index contributed by atoms with van der Waals surface area (Å²) in [5.41, 5.74) is 2.40. The molecule has 0 radical (unpaired) electrons. The van der Waals surface area contributed by atoms with Crippen LogP contribution in [0.4, 0.5) is 0 Å². The molecule has 0 saturated carbocycles. The van der Waals surface area contributed by atoms with E-state index in [1.165, 1.54) is 34.7 Å². The van der Waals surface area contributed by atoms with Crippen LogP contribution in [0.5, 0.6) is 0 Å². The molecule has 1 aromatic carbocycles. The van der Waals surface area contributed by atoms with Crippen LogP contribution >= 0.6 is 48.0 Å². The lowest BCUT2D eigenvalue weighted by atomic mass is 10.2. The zero-order chi connectivity index (χ0) is 17.8. The highest BCUT2D eigenvalue weighted by molar-refractivity contribution is 8.35. The Morgan fingerprint density at radius 2 is 1.38 bits per heavy atom. The Morgan fingerprint density at radius 3 is 1.79 bits per heavy atom. The maximum atomic E-state index is 5.64. The Balaban J connectivity index is 2.66. The molecule has 0 atom stereocenters. The number of thiocarbonyl (C=S) groups is 2. The van der Waals surface area contributed by atoms with Gasteiger partial charge in [0, 0.05) is 0 Å². The van der Waals surface area contributed by atoms with Gasteiger partial charge in [-0.05, 0) is 49.8 Å². The maximum absolute atomic E-state index is 5.64. The Labute approximate surface area is 165 Å². The number of rotatable bonds is 9. The van der Waals surface area contributed by atoms with E-state index in [0.717, 1.165) is 25.7 Å². The number of unbranched alkanes of at least 4 members (excludes halogenated alkanes) is 2. The minimum Gasteiger partial charge on any atom is -0.479 e. The van der Waals surface area contributed by atoms with Gasteiger partial charge in [-0.25, -0.2) is 0 Å². The molecule has 0 saturated heterocycles. The fraction of sp³-hybridized carbons (Fsp3) is 0.556. The second-order valence-corrected chi connectivity index (χ2v) is 9.09. The van der Waals surface area contributed by atoms with Gasteiger partial charge >= 0.3 is 0 Å². The summed E-state index contributed by atoms with van der Waals surface area (Å²) in [6.45, 7) is 7.69. The number of hydrogen-bond donors (Lipinski definition) is 0. The molecular weight excluding hydrogens is 376 g/mol. The molecule has 0 aliphatic carbocycles. The highest BCUT2D eigenvalue weighted by atomic mass is 32.2. The normalized spacial score (nSPS) is 10.7. The van der Waals surface area contributed by atoms with Crippen molar-refractivity contribution in [2.24, 2.45) is 0 Å². The van der Waals surface area contributed by atoms with E-state index in [0.29, 0.717) is 22.0 Å². The quantitative estimate of drug-likeness (QED) is 0.259. The highest BCUT2D eigenvalue weighted by Crippen LogP contribution is 2.41. The molecule has 0 bridgehead atoms. The summed E-state index contributed by atoms with van der Waals surface area (Å²) in [5, 5.41) is 0. The van der Waals surface area contributed by atoms with Crippen LogP contribution in [0, 0.1) is 6.92 Å². The average molecular weight is 403 g/mol. The number of ether oxygens (including phenoxy) is 2. The molecule has 2 nitrogen and oxygen atoms in total. The lowest BCUT2D eigenvalue weighted by Gasteiger charge is -2.18. The van der Waals surface area contributed by atoms with Crippen LogP contribution in [0.2, 0.25) is 0 Å². The van der Waals surface area contributed by atoms with Crippen molar-refractivity contribution >= 4 is 56.7 Å². The van der Waals surface area contributed by atoms with Gasteiger partial charge in [-0.2, -0.15) is 0 Å². The Morgan fingerprint density at radius 1 is 0.917 bits per heavy atom. The van der Waals surface area contributed by atoms with Crippen LogP contribution in [0.1, 0.15) is 55.2 Å². The minimum atomic E-state index is 0.0499. The number of thioether (sulfide) groups is 2. The lowest BCUT2D eigenvalue weighted by Crippen LogP contribution is -2.05. The fourth-order valence-corrected chi connectivity index (χ4v) is 4.79. The number of benzene rings is 1. The monoisotopic (exact) mass is 402 g/mol. The summed E-state index contributed by atoms with van der Waals surface area (Å²) < 4.78 is 12.5. The van der Waals surface area contributed by atoms with Crippen molar-refractivity contribution in [1.82, 2.24) is 0 Å². The molecule has 24 heavy (non-hydrogen) atoms. The summed E-state index contributed by atoms with van der Waals surface area (Å²) in [4.78, 5) is 0. The summed E-state index contributed by atoms with van der Waals surface area (Å²) in [5.74, 6) is 0. The molecule has 0 aliphatic heterocycles. The van der Waals surface area contributed by atoms with Gasteiger partial charge in [0.25, 0.3) is 0 Å². The third-order valence-corrected chi connectivity index (χ3v) is 6.18. The SMILES string of the molecule is CCCCOC(=S)SC(SC(=S)OCCCC)c1ccc(C)cc1. The minimum absolute atomic E-state index is 0.0499. The van der Waals surface area contributed by atoms with Gasteiger partial charge in [0.15, 0.2) is 0 Å². The predicted molar refractivity (Wildman–Crippen MR) is 116 cm³/mol. The number of hydrogen-bond acceptors (Lipinski definition) is 6. The second kappa shape index (κ2) is 13.0. The summed E-state index contributed by atoms with van der Waals surface area (Å²) >= 11 is 13.8. The molecule has 0 aliphatic rings. The van der Waals surface area contributed by atoms with Gasteiger partial charge in [-0.15, -0.1) is 0 Å². The number of aryl methyl sites for hydroxylation is 1. The topological polar surface area (TPSA) is 18.5 Å². The molecule has 0 unspecified atom stereocenters. The molecule has 0 aromatic heterocycles. The van der Waals surface area contributed by atoms with Crippen molar-refractivity contribution < 1.29 is 9.47 Å². The first-order chi connectivity index (χ1) is 11.6. The van der Waals surface area contributed by atoms with Crippen LogP contribution in [0.25, 0.3) is 0 Å². The van der Waals surface area contributed by atoms with Crippen LogP contribution in [0.15, 0.2) is 24.3 Å². The average Bonchev–Trinajstić information content (AvgIpc) is 2.55. The standard InChI is InChI=1S/C18H26O2S4/c1-4-6-12-19-17(21)23-16(15-10-8-14(3)9-11-15)24-18(22)20-13-7-5-2/h8-11,16H,4-7,12-13H2,1-3H3. The molecule has 6 heteroatoms. The van der Waals surface area contributed by atoms with E-state index in [2.05, 4.69) is 45.0 Å². The molecule has 0 fully saturated rings. The first kappa shape index (κ1) is 21.7. The van der Waals surface area contributed by atoms with Crippen molar-refractivity contribution in [2.45, 2.75) is 51.0 Å².